The summed E-state index contributed by atoms with van der Waals surface area (Å²) in [5, 5.41) is 9.05. The number of benzene rings is 4. The van der Waals surface area contributed by atoms with Gasteiger partial charge in [-0.3, -0.25) is 10.2 Å². The zero-order chi connectivity index (χ0) is 31.5. The van der Waals surface area contributed by atoms with E-state index in [-0.39, 0.29) is 24.8 Å². The molecule has 1 aliphatic rings. The number of hydrogen-bond donors (Lipinski definition) is 3. The van der Waals surface area contributed by atoms with Gasteiger partial charge in [-0.15, -0.1) is 0 Å². The van der Waals surface area contributed by atoms with Gasteiger partial charge in [0.05, 0.1) is 6.61 Å². The van der Waals surface area contributed by atoms with E-state index in [9.17, 15) is 9.18 Å². The molecular formula is C36H35BrFN3O4. The number of hydrazine groups is 1. The van der Waals surface area contributed by atoms with Crippen molar-refractivity contribution in [3.8, 4) is 5.75 Å². The second kappa shape index (κ2) is 15.6. The van der Waals surface area contributed by atoms with Crippen molar-refractivity contribution in [2.45, 2.75) is 30.9 Å². The Balaban J connectivity index is 1.44. The van der Waals surface area contributed by atoms with E-state index in [1.54, 1.807) is 12.1 Å². The number of nitrogens with zero attached hydrogens (tertiary/aromatic N) is 1. The molecule has 2 atom stereocenters. The standard InChI is InChI=1S/C36H35BrFN3O4/c37-30-15-11-28(12-16-30)33-36(22-4-8-26-6-2-1-3-7-26,35(43)41-39-23-21-27-9-17-31(38)18-10-27)40-34(45-33)29-13-19-32(20-14-29)44-25-5-24-42/h1-4,6-20,33,39,42H,5,21-25H2,(H,41,43)/b8-4+/t33-,36-/m0/s1. The molecule has 4 aromatic rings. The van der Waals surface area contributed by atoms with Crippen LogP contribution in [0, 0.1) is 5.82 Å². The number of aliphatic imine (C=N–C) groups is 1. The number of ether oxygens (including phenoxy) is 2. The summed E-state index contributed by atoms with van der Waals surface area (Å²) in [6.07, 6.45) is 4.60. The molecule has 0 aromatic heterocycles. The third-order valence-electron chi connectivity index (χ3n) is 7.40. The highest BCUT2D eigenvalue weighted by atomic mass is 79.9. The van der Waals surface area contributed by atoms with Gasteiger partial charge in [-0.1, -0.05) is 82.7 Å². The minimum atomic E-state index is -1.34. The molecule has 45 heavy (non-hydrogen) atoms. The summed E-state index contributed by atoms with van der Waals surface area (Å²) in [5.41, 5.74) is 8.04. The molecule has 1 heterocycles. The van der Waals surface area contributed by atoms with E-state index in [0.29, 0.717) is 43.2 Å². The average Bonchev–Trinajstić information content (AvgIpc) is 3.46. The normalized spacial score (nSPS) is 17.6. The maximum atomic E-state index is 14.2. The molecule has 0 fully saturated rings. The van der Waals surface area contributed by atoms with Crippen LogP contribution in [0.4, 0.5) is 4.39 Å². The van der Waals surface area contributed by atoms with E-state index in [1.165, 1.54) is 12.1 Å². The van der Waals surface area contributed by atoms with Crippen LogP contribution in [0.2, 0.25) is 0 Å². The molecule has 0 unspecified atom stereocenters. The van der Waals surface area contributed by atoms with Crippen LogP contribution in [0.3, 0.4) is 0 Å². The zero-order valence-electron chi connectivity index (χ0n) is 24.7. The van der Waals surface area contributed by atoms with E-state index in [2.05, 4.69) is 26.8 Å². The minimum absolute atomic E-state index is 0.0597. The molecule has 4 aromatic carbocycles. The first-order valence-corrected chi connectivity index (χ1v) is 15.6. The highest BCUT2D eigenvalue weighted by Gasteiger charge is 2.52. The van der Waals surface area contributed by atoms with Crippen LogP contribution < -0.4 is 15.6 Å². The minimum Gasteiger partial charge on any atom is -0.494 e. The first-order valence-electron chi connectivity index (χ1n) is 14.8. The Bertz CT molecular complexity index is 1600. The fourth-order valence-corrected chi connectivity index (χ4v) is 5.26. The summed E-state index contributed by atoms with van der Waals surface area (Å²) < 4.78 is 26.5. The van der Waals surface area contributed by atoms with Crippen molar-refractivity contribution in [1.82, 2.24) is 10.9 Å². The quantitative estimate of drug-likeness (QED) is 0.104. The van der Waals surface area contributed by atoms with E-state index in [4.69, 9.17) is 19.6 Å². The first kappa shape index (κ1) is 32.1. The number of carbonyl (C=O) groups is 1. The van der Waals surface area contributed by atoms with E-state index < -0.39 is 11.6 Å². The molecule has 0 bridgehead atoms. The molecular weight excluding hydrogens is 637 g/mol. The van der Waals surface area contributed by atoms with Crippen LogP contribution in [0.15, 0.2) is 119 Å². The van der Waals surface area contributed by atoms with Crippen LogP contribution in [-0.2, 0) is 16.0 Å². The Kier molecular flexibility index (Phi) is 11.1. The highest BCUT2D eigenvalue weighted by molar-refractivity contribution is 9.10. The molecule has 0 radical (unpaired) electrons. The fraction of sp³-hybridized carbons (Fsp3) is 0.222. The lowest BCUT2D eigenvalue weighted by Gasteiger charge is -2.30. The van der Waals surface area contributed by atoms with Gasteiger partial charge in [0.25, 0.3) is 5.91 Å². The maximum Gasteiger partial charge on any atom is 0.266 e. The highest BCUT2D eigenvalue weighted by Crippen LogP contribution is 2.43. The summed E-state index contributed by atoms with van der Waals surface area (Å²) >= 11 is 3.51. The number of nitrogens with one attached hydrogen (secondary N) is 2. The lowest BCUT2D eigenvalue weighted by atomic mass is 9.84. The number of aliphatic hydroxyl groups excluding tert-OH is 1. The molecule has 0 saturated heterocycles. The van der Waals surface area contributed by atoms with Crippen molar-refractivity contribution in [3.63, 3.8) is 0 Å². The molecule has 9 heteroatoms. The fourth-order valence-electron chi connectivity index (χ4n) is 5.00. The summed E-state index contributed by atoms with van der Waals surface area (Å²) in [4.78, 5) is 19.2. The number of hydrogen-bond acceptors (Lipinski definition) is 6. The summed E-state index contributed by atoms with van der Waals surface area (Å²) in [5.74, 6) is 0.379. The molecule has 7 nitrogen and oxygen atoms in total. The Hall–Kier alpha value is -4.31. The van der Waals surface area contributed by atoms with Crippen molar-refractivity contribution >= 4 is 33.8 Å². The van der Waals surface area contributed by atoms with Crippen molar-refractivity contribution in [1.29, 1.82) is 0 Å². The van der Waals surface area contributed by atoms with Crippen LogP contribution in [0.25, 0.3) is 6.08 Å². The molecule has 1 aliphatic heterocycles. The van der Waals surface area contributed by atoms with Crippen LogP contribution >= 0.6 is 15.9 Å². The molecule has 0 saturated carbocycles. The van der Waals surface area contributed by atoms with Crippen molar-refractivity contribution in [2.75, 3.05) is 19.8 Å². The van der Waals surface area contributed by atoms with Gasteiger partial charge in [-0.2, -0.15) is 0 Å². The third kappa shape index (κ3) is 8.45. The van der Waals surface area contributed by atoms with Gasteiger partial charge in [0.1, 0.15) is 11.6 Å². The molecule has 0 spiro atoms. The Morgan fingerprint density at radius 2 is 1.73 bits per heavy atom. The molecule has 1 amide bonds. The largest absolute Gasteiger partial charge is 0.494 e. The van der Waals surface area contributed by atoms with Gasteiger partial charge in [0.2, 0.25) is 5.90 Å². The maximum absolute atomic E-state index is 14.2. The number of halogens is 2. The monoisotopic (exact) mass is 671 g/mol. The van der Waals surface area contributed by atoms with E-state index in [0.717, 1.165) is 21.2 Å². The van der Waals surface area contributed by atoms with Gasteiger partial charge in [-0.25, -0.2) is 14.8 Å². The average molecular weight is 673 g/mol. The van der Waals surface area contributed by atoms with Gasteiger partial charge < -0.3 is 14.6 Å². The Morgan fingerprint density at radius 3 is 2.44 bits per heavy atom. The zero-order valence-corrected chi connectivity index (χ0v) is 26.3. The van der Waals surface area contributed by atoms with Gasteiger partial charge in [-0.05, 0) is 71.6 Å². The number of aliphatic hydroxyl groups is 1. The predicted octanol–water partition coefficient (Wildman–Crippen LogP) is 6.57. The number of rotatable bonds is 14. The molecule has 5 rings (SSSR count). The van der Waals surface area contributed by atoms with Gasteiger partial charge in [0, 0.05) is 36.0 Å². The van der Waals surface area contributed by atoms with E-state index in [1.807, 2.05) is 91.0 Å². The Morgan fingerprint density at radius 1 is 1.00 bits per heavy atom. The predicted molar refractivity (Wildman–Crippen MR) is 177 cm³/mol. The molecule has 232 valence electrons. The number of amides is 1. The smallest absolute Gasteiger partial charge is 0.266 e. The second-order valence-corrected chi connectivity index (χ2v) is 11.5. The Labute approximate surface area is 270 Å². The van der Waals surface area contributed by atoms with Crippen LogP contribution in [0.1, 0.15) is 41.2 Å². The third-order valence-corrected chi connectivity index (χ3v) is 7.92. The van der Waals surface area contributed by atoms with Gasteiger partial charge >= 0.3 is 0 Å². The summed E-state index contributed by atoms with van der Waals surface area (Å²) in [6, 6.07) is 31.2. The lowest BCUT2D eigenvalue weighted by molar-refractivity contribution is -0.129. The summed E-state index contributed by atoms with van der Waals surface area (Å²) in [6.45, 7) is 0.902. The topological polar surface area (TPSA) is 92.2 Å². The van der Waals surface area contributed by atoms with Crippen LogP contribution in [0.5, 0.6) is 5.75 Å². The van der Waals surface area contributed by atoms with Crippen molar-refractivity contribution in [3.05, 3.63) is 142 Å². The second-order valence-electron chi connectivity index (χ2n) is 10.6. The van der Waals surface area contributed by atoms with Crippen LogP contribution in [-0.4, -0.2) is 42.2 Å². The number of carbonyl (C=O) groups excluding carboxylic acids is 1. The van der Waals surface area contributed by atoms with Crippen molar-refractivity contribution < 1.29 is 23.8 Å². The molecule has 3 N–H and O–H groups in total. The van der Waals surface area contributed by atoms with E-state index >= 15 is 0 Å². The van der Waals surface area contributed by atoms with Gasteiger partial charge in [0.15, 0.2) is 11.6 Å². The lowest BCUT2D eigenvalue weighted by Crippen LogP contribution is -2.52. The van der Waals surface area contributed by atoms with Crippen molar-refractivity contribution in [2.24, 2.45) is 4.99 Å². The first-order chi connectivity index (χ1) is 22.0. The molecule has 0 aliphatic carbocycles. The summed E-state index contributed by atoms with van der Waals surface area (Å²) in [7, 11) is 0. The SMILES string of the molecule is O=C(NNCCc1ccc(F)cc1)[C@@]1(C/C=C/c2ccccc2)N=C(c2ccc(OCCCO)cc2)O[C@H]1c1ccc(Br)cc1.